The van der Waals surface area contributed by atoms with Crippen molar-refractivity contribution in [2.45, 2.75) is 0 Å². The van der Waals surface area contributed by atoms with Crippen molar-refractivity contribution in [3.05, 3.63) is 30.3 Å². The molecule has 0 saturated heterocycles. The van der Waals surface area contributed by atoms with Gasteiger partial charge in [0.1, 0.15) is 0 Å². The molecular weight excluding hydrogens is 141 g/mol. The van der Waals surface area contributed by atoms with Crippen LogP contribution in [0.2, 0.25) is 0 Å². The summed E-state index contributed by atoms with van der Waals surface area (Å²) in [7, 11) is 2.63. The van der Waals surface area contributed by atoms with Gasteiger partial charge in [-0.05, 0) is 5.30 Å². The number of benzene rings is 1. The van der Waals surface area contributed by atoms with Crippen molar-refractivity contribution < 1.29 is 9.41 Å². The van der Waals surface area contributed by atoms with Crippen LogP contribution in [0.15, 0.2) is 30.3 Å². The highest BCUT2D eigenvalue weighted by molar-refractivity contribution is 7.27. The van der Waals surface area contributed by atoms with E-state index in [2.05, 4.69) is 9.24 Å². The monoisotopic (exact) mass is 150 g/mol. The second-order valence-corrected chi connectivity index (χ2v) is 2.08. The van der Waals surface area contributed by atoms with Gasteiger partial charge in [-0.2, -0.15) is 0 Å². The molecule has 0 nitrogen and oxygen atoms in total. The van der Waals surface area contributed by atoms with Crippen LogP contribution in [0, 0.1) is 0 Å². The Morgan fingerprint density at radius 2 is 1.33 bits per heavy atom. The molecule has 0 fully saturated rings. The second kappa shape index (κ2) is 5.64. The minimum Gasteiger partial charge on any atom is -0.269 e. The Morgan fingerprint density at radius 1 is 0.889 bits per heavy atom. The molecular formula is C6H9F2P. The molecule has 0 aromatic heterocycles. The van der Waals surface area contributed by atoms with Gasteiger partial charge in [0.15, 0.2) is 0 Å². The SMILES string of the molecule is F.F.Pc1ccccc1. The van der Waals surface area contributed by atoms with E-state index in [9.17, 15) is 0 Å². The fraction of sp³-hybridized carbons (Fsp3) is 0. The van der Waals surface area contributed by atoms with Gasteiger partial charge in [-0.1, -0.05) is 30.3 Å². The summed E-state index contributed by atoms with van der Waals surface area (Å²) in [5.41, 5.74) is 0. The van der Waals surface area contributed by atoms with E-state index >= 15 is 0 Å². The van der Waals surface area contributed by atoms with Crippen LogP contribution in [0.4, 0.5) is 9.41 Å². The standard InChI is InChI=1S/C6H7P.2FH/c7-6-4-2-1-3-5-6;;/h1-5H,7H2;2*1H. The Kier molecular flexibility index (Phi) is 7.10. The highest BCUT2D eigenvalue weighted by Crippen LogP contribution is 1.86. The van der Waals surface area contributed by atoms with E-state index in [-0.39, 0.29) is 9.41 Å². The highest BCUT2D eigenvalue weighted by atomic mass is 31.0. The predicted octanol–water partition coefficient (Wildman–Crippen LogP) is 1.49. The van der Waals surface area contributed by atoms with Crippen molar-refractivity contribution in [3.8, 4) is 0 Å². The molecule has 0 N–H and O–H groups in total. The van der Waals surface area contributed by atoms with E-state index in [4.69, 9.17) is 0 Å². The van der Waals surface area contributed by atoms with Crippen LogP contribution in [0.25, 0.3) is 0 Å². The third kappa shape index (κ3) is 4.04. The van der Waals surface area contributed by atoms with Gasteiger partial charge in [0, 0.05) is 0 Å². The maximum Gasteiger partial charge on any atom is -0.0303 e. The van der Waals surface area contributed by atoms with Crippen LogP contribution in [0.5, 0.6) is 0 Å². The molecule has 9 heavy (non-hydrogen) atoms. The van der Waals surface area contributed by atoms with Crippen LogP contribution in [-0.4, -0.2) is 0 Å². The molecule has 52 valence electrons. The van der Waals surface area contributed by atoms with Gasteiger partial charge in [-0.3, -0.25) is 9.41 Å². The lowest BCUT2D eigenvalue weighted by Gasteiger charge is -1.82. The normalized spacial score (nSPS) is 6.78. The predicted molar refractivity (Wildman–Crippen MR) is 40.8 cm³/mol. The lowest BCUT2D eigenvalue weighted by molar-refractivity contribution is 1.11. The van der Waals surface area contributed by atoms with Crippen molar-refractivity contribution in [2.75, 3.05) is 0 Å². The molecule has 0 amide bonds. The number of hydrogen-bond acceptors (Lipinski definition) is 0. The first-order chi connectivity index (χ1) is 3.39. The third-order valence-corrected chi connectivity index (χ3v) is 1.18. The summed E-state index contributed by atoms with van der Waals surface area (Å²) in [5, 5.41) is 1.24. The highest BCUT2D eigenvalue weighted by Gasteiger charge is 1.72. The van der Waals surface area contributed by atoms with Crippen molar-refractivity contribution in [3.63, 3.8) is 0 Å². The Labute approximate surface area is 55.2 Å². The fourth-order valence-corrected chi connectivity index (χ4v) is 0.675. The Balaban J connectivity index is 0. The van der Waals surface area contributed by atoms with Crippen LogP contribution >= 0.6 is 9.24 Å². The Hall–Kier alpha value is -0.490. The summed E-state index contributed by atoms with van der Waals surface area (Å²) in [6, 6.07) is 10.1. The van der Waals surface area contributed by atoms with Crippen LogP contribution in [0.3, 0.4) is 0 Å². The maximum absolute atomic E-state index is 2.63. The molecule has 1 unspecified atom stereocenters. The average Bonchev–Trinajstić information content (AvgIpc) is 1.69. The molecule has 1 atom stereocenters. The summed E-state index contributed by atoms with van der Waals surface area (Å²) in [4.78, 5) is 0. The maximum atomic E-state index is 2.63. The number of hydrogen-bond donors (Lipinski definition) is 0. The zero-order valence-electron chi connectivity index (χ0n) is 4.78. The van der Waals surface area contributed by atoms with E-state index in [0.29, 0.717) is 0 Å². The zero-order valence-corrected chi connectivity index (χ0v) is 5.94. The van der Waals surface area contributed by atoms with E-state index in [1.54, 1.807) is 0 Å². The molecule has 0 aliphatic carbocycles. The molecule has 1 rings (SSSR count). The molecule has 0 aliphatic heterocycles. The number of rotatable bonds is 0. The van der Waals surface area contributed by atoms with Crippen molar-refractivity contribution in [1.29, 1.82) is 0 Å². The molecule has 0 heterocycles. The molecule has 0 radical (unpaired) electrons. The van der Waals surface area contributed by atoms with Gasteiger partial charge in [0.25, 0.3) is 0 Å². The van der Waals surface area contributed by atoms with E-state index < -0.39 is 0 Å². The van der Waals surface area contributed by atoms with Crippen LogP contribution < -0.4 is 5.30 Å². The molecule has 3 heteroatoms. The van der Waals surface area contributed by atoms with E-state index in [1.165, 1.54) is 5.30 Å². The second-order valence-electron chi connectivity index (χ2n) is 1.41. The smallest absolute Gasteiger partial charge is 0.0303 e. The molecule has 0 spiro atoms. The van der Waals surface area contributed by atoms with Gasteiger partial charge in [0.2, 0.25) is 0 Å². The summed E-state index contributed by atoms with van der Waals surface area (Å²) in [6.45, 7) is 0. The largest absolute Gasteiger partial charge is 0.269 e. The van der Waals surface area contributed by atoms with Crippen molar-refractivity contribution >= 4 is 14.5 Å². The minimum atomic E-state index is 0. The first-order valence-electron chi connectivity index (χ1n) is 2.20. The van der Waals surface area contributed by atoms with Crippen LogP contribution in [0.1, 0.15) is 0 Å². The van der Waals surface area contributed by atoms with Gasteiger partial charge < -0.3 is 0 Å². The van der Waals surface area contributed by atoms with E-state index in [1.807, 2.05) is 30.3 Å². The first-order valence-corrected chi connectivity index (χ1v) is 2.78. The molecule has 0 saturated carbocycles. The minimum absolute atomic E-state index is 0. The van der Waals surface area contributed by atoms with Gasteiger partial charge in [-0.25, -0.2) is 0 Å². The molecule has 1 aromatic rings. The zero-order chi connectivity index (χ0) is 5.11. The lowest BCUT2D eigenvalue weighted by Crippen LogP contribution is -1.82. The van der Waals surface area contributed by atoms with Gasteiger partial charge >= 0.3 is 0 Å². The summed E-state index contributed by atoms with van der Waals surface area (Å²) in [5.74, 6) is 0. The van der Waals surface area contributed by atoms with Gasteiger partial charge in [0.05, 0.1) is 0 Å². The summed E-state index contributed by atoms with van der Waals surface area (Å²) in [6.07, 6.45) is 0. The summed E-state index contributed by atoms with van der Waals surface area (Å²) >= 11 is 0. The lowest BCUT2D eigenvalue weighted by atomic mass is 10.4. The Bertz CT molecular complexity index is 141. The average molecular weight is 150 g/mol. The summed E-state index contributed by atoms with van der Waals surface area (Å²) < 4.78 is 0. The Morgan fingerprint density at radius 3 is 1.56 bits per heavy atom. The van der Waals surface area contributed by atoms with Crippen molar-refractivity contribution in [2.24, 2.45) is 0 Å². The first kappa shape index (κ1) is 11.3. The van der Waals surface area contributed by atoms with E-state index in [0.717, 1.165) is 0 Å². The molecule has 0 bridgehead atoms. The number of halogens is 2. The van der Waals surface area contributed by atoms with Crippen molar-refractivity contribution in [1.82, 2.24) is 0 Å². The molecule has 1 aromatic carbocycles. The van der Waals surface area contributed by atoms with Crippen LogP contribution in [-0.2, 0) is 0 Å². The third-order valence-electron chi connectivity index (χ3n) is 0.800. The quantitative estimate of drug-likeness (QED) is 0.491. The molecule has 0 aliphatic rings. The van der Waals surface area contributed by atoms with Gasteiger partial charge in [-0.15, -0.1) is 9.24 Å². The topological polar surface area (TPSA) is 0 Å². The fourth-order valence-electron chi connectivity index (χ4n) is 0.453.